The zero-order valence-corrected chi connectivity index (χ0v) is 14.5. The maximum absolute atomic E-state index is 14.0. The van der Waals surface area contributed by atoms with Crippen molar-refractivity contribution in [1.29, 1.82) is 0 Å². The van der Waals surface area contributed by atoms with Crippen LogP contribution in [0, 0.1) is 11.6 Å². The topological polar surface area (TPSA) is 30.4 Å². The molecule has 1 aromatic carbocycles. The molecule has 3 nitrogen and oxygen atoms in total. The highest BCUT2D eigenvalue weighted by atomic mass is 32.1. The molecule has 0 bridgehead atoms. The molecule has 0 aliphatic rings. The van der Waals surface area contributed by atoms with Gasteiger partial charge >= 0.3 is 0 Å². The van der Waals surface area contributed by atoms with Crippen LogP contribution in [0.5, 0.6) is 0 Å². The smallest absolute Gasteiger partial charge is 0.190 e. The quantitative estimate of drug-likeness (QED) is 0.468. The van der Waals surface area contributed by atoms with Gasteiger partial charge in [-0.05, 0) is 35.7 Å². The van der Waals surface area contributed by atoms with Crippen molar-refractivity contribution in [2.75, 3.05) is 0 Å². The van der Waals surface area contributed by atoms with Crippen LogP contribution in [-0.4, -0.2) is 4.57 Å². The normalized spacial score (nSPS) is 12.0. The molecule has 0 saturated heterocycles. The van der Waals surface area contributed by atoms with E-state index in [1.54, 1.807) is 17.6 Å². The molecule has 4 aromatic rings. The number of furan rings is 1. The van der Waals surface area contributed by atoms with Crippen LogP contribution in [0.25, 0.3) is 10.6 Å². The van der Waals surface area contributed by atoms with Crippen LogP contribution in [0.2, 0.25) is 0 Å². The summed E-state index contributed by atoms with van der Waals surface area (Å²) in [7, 11) is 0. The fourth-order valence-electron chi connectivity index (χ4n) is 2.43. The highest BCUT2D eigenvalue weighted by molar-refractivity contribution is 7.14. The summed E-state index contributed by atoms with van der Waals surface area (Å²) in [5.41, 5.74) is 1.09. The van der Waals surface area contributed by atoms with E-state index in [-0.39, 0.29) is 5.69 Å². The summed E-state index contributed by atoms with van der Waals surface area (Å²) in [6.07, 6.45) is 1.61. The van der Waals surface area contributed by atoms with Gasteiger partial charge in [0.05, 0.1) is 23.4 Å². The van der Waals surface area contributed by atoms with Crippen molar-refractivity contribution < 1.29 is 13.2 Å². The number of thiazole rings is 1. The number of rotatable bonds is 4. The molecule has 0 spiro atoms. The van der Waals surface area contributed by atoms with Gasteiger partial charge in [0.25, 0.3) is 0 Å². The molecule has 0 atom stereocenters. The fraction of sp³-hybridized carbons (Fsp3) is 0.0556. The average Bonchev–Trinajstić information content (AvgIpc) is 3.33. The zero-order chi connectivity index (χ0) is 17.2. The summed E-state index contributed by atoms with van der Waals surface area (Å²) in [5.74, 6) is -0.529. The number of nitrogens with zero attached hydrogens (tertiary/aromatic N) is 2. The number of hydrogen-bond donors (Lipinski definition) is 0. The third-order valence-electron chi connectivity index (χ3n) is 3.59. The van der Waals surface area contributed by atoms with Crippen LogP contribution >= 0.6 is 22.7 Å². The SMILES string of the molecule is Fc1ccc(N=c2scc(-c3cccs3)n2Cc2ccco2)c(F)c1. The third kappa shape index (κ3) is 3.33. The second-order valence-electron chi connectivity index (χ2n) is 5.25. The number of aromatic nitrogens is 1. The summed E-state index contributed by atoms with van der Waals surface area (Å²) < 4.78 is 34.5. The summed E-state index contributed by atoms with van der Waals surface area (Å²) in [6.45, 7) is 0.478. The Labute approximate surface area is 150 Å². The zero-order valence-electron chi connectivity index (χ0n) is 12.9. The Morgan fingerprint density at radius 3 is 2.72 bits per heavy atom. The first kappa shape index (κ1) is 16.0. The minimum Gasteiger partial charge on any atom is -0.467 e. The van der Waals surface area contributed by atoms with E-state index in [0.717, 1.165) is 22.4 Å². The fourth-order valence-corrected chi connectivity index (χ4v) is 4.16. The molecule has 0 unspecified atom stereocenters. The third-order valence-corrected chi connectivity index (χ3v) is 5.35. The van der Waals surface area contributed by atoms with Gasteiger partial charge < -0.3 is 8.98 Å². The first-order chi connectivity index (χ1) is 12.2. The molecule has 0 N–H and O–H groups in total. The van der Waals surface area contributed by atoms with E-state index < -0.39 is 11.6 Å². The van der Waals surface area contributed by atoms with Crippen molar-refractivity contribution in [3.05, 3.63) is 81.7 Å². The van der Waals surface area contributed by atoms with Gasteiger partial charge in [0.15, 0.2) is 10.6 Å². The van der Waals surface area contributed by atoms with Crippen molar-refractivity contribution in [1.82, 2.24) is 4.57 Å². The van der Waals surface area contributed by atoms with Crippen LogP contribution in [0.3, 0.4) is 0 Å². The van der Waals surface area contributed by atoms with Gasteiger partial charge in [0.2, 0.25) is 0 Å². The molecule has 7 heteroatoms. The van der Waals surface area contributed by atoms with Gasteiger partial charge in [-0.15, -0.1) is 22.7 Å². The number of hydrogen-bond acceptors (Lipinski definition) is 4. The molecule has 0 aliphatic carbocycles. The number of benzene rings is 1. The van der Waals surface area contributed by atoms with E-state index in [2.05, 4.69) is 4.99 Å². The molecular formula is C18H12F2N2OS2. The molecule has 25 heavy (non-hydrogen) atoms. The van der Waals surface area contributed by atoms with Gasteiger partial charge in [-0.2, -0.15) is 0 Å². The Morgan fingerprint density at radius 1 is 1.08 bits per heavy atom. The van der Waals surface area contributed by atoms with Crippen molar-refractivity contribution in [2.24, 2.45) is 4.99 Å². The molecule has 0 fully saturated rings. The lowest BCUT2D eigenvalue weighted by Crippen LogP contribution is -2.16. The lowest BCUT2D eigenvalue weighted by Gasteiger charge is -2.06. The van der Waals surface area contributed by atoms with Crippen molar-refractivity contribution in [2.45, 2.75) is 6.54 Å². The van der Waals surface area contributed by atoms with Crippen LogP contribution < -0.4 is 4.80 Å². The Hall–Kier alpha value is -2.51. The van der Waals surface area contributed by atoms with Crippen molar-refractivity contribution in [3.63, 3.8) is 0 Å². The number of halogens is 2. The first-order valence-electron chi connectivity index (χ1n) is 7.45. The summed E-state index contributed by atoms with van der Waals surface area (Å²) in [6, 6.07) is 11.1. The molecule has 3 aromatic heterocycles. The lowest BCUT2D eigenvalue weighted by molar-refractivity contribution is 0.492. The predicted octanol–water partition coefficient (Wildman–Crippen LogP) is 5.43. The Morgan fingerprint density at radius 2 is 2.00 bits per heavy atom. The largest absolute Gasteiger partial charge is 0.467 e. The molecular weight excluding hydrogens is 362 g/mol. The molecule has 0 amide bonds. The van der Waals surface area contributed by atoms with Gasteiger partial charge in [0.1, 0.15) is 17.3 Å². The maximum Gasteiger partial charge on any atom is 0.190 e. The van der Waals surface area contributed by atoms with E-state index in [1.807, 2.05) is 39.6 Å². The second-order valence-corrected chi connectivity index (χ2v) is 7.04. The molecule has 4 rings (SSSR count). The highest BCUT2D eigenvalue weighted by Crippen LogP contribution is 2.26. The van der Waals surface area contributed by atoms with Crippen molar-refractivity contribution >= 4 is 28.4 Å². The van der Waals surface area contributed by atoms with E-state index in [9.17, 15) is 8.78 Å². The molecule has 3 heterocycles. The summed E-state index contributed by atoms with van der Waals surface area (Å²) in [5, 5.41) is 3.98. The minimum atomic E-state index is -0.685. The van der Waals surface area contributed by atoms with Crippen LogP contribution in [0.1, 0.15) is 5.76 Å². The van der Waals surface area contributed by atoms with E-state index in [4.69, 9.17) is 4.42 Å². The molecule has 0 aliphatic heterocycles. The van der Waals surface area contributed by atoms with Crippen LogP contribution in [-0.2, 0) is 6.54 Å². The highest BCUT2D eigenvalue weighted by Gasteiger charge is 2.12. The van der Waals surface area contributed by atoms with Gasteiger partial charge in [-0.25, -0.2) is 13.8 Å². The molecule has 0 saturated carbocycles. The Bertz CT molecular complexity index is 1050. The summed E-state index contributed by atoms with van der Waals surface area (Å²) in [4.78, 5) is 6.10. The molecule has 126 valence electrons. The second kappa shape index (κ2) is 6.78. The van der Waals surface area contributed by atoms with Gasteiger partial charge in [-0.1, -0.05) is 6.07 Å². The standard InChI is InChI=1S/C18H12F2N2OS2/c19-12-5-6-15(14(20)9-12)21-18-22(10-13-3-1-7-23-13)16(11-25-18)17-4-2-8-24-17/h1-9,11H,10H2. The summed E-state index contributed by atoms with van der Waals surface area (Å²) >= 11 is 3.02. The van der Waals surface area contributed by atoms with Crippen LogP contribution in [0.15, 0.2) is 68.9 Å². The van der Waals surface area contributed by atoms with Crippen LogP contribution in [0.4, 0.5) is 14.5 Å². The van der Waals surface area contributed by atoms with E-state index >= 15 is 0 Å². The first-order valence-corrected chi connectivity index (χ1v) is 9.21. The lowest BCUT2D eigenvalue weighted by atomic mass is 10.3. The van der Waals surface area contributed by atoms with E-state index in [0.29, 0.717) is 11.3 Å². The van der Waals surface area contributed by atoms with Gasteiger partial charge in [-0.3, -0.25) is 0 Å². The average molecular weight is 374 g/mol. The Kier molecular flexibility index (Phi) is 4.33. The Balaban J connectivity index is 1.86. The number of thiophene rings is 1. The predicted molar refractivity (Wildman–Crippen MR) is 95.0 cm³/mol. The van der Waals surface area contributed by atoms with E-state index in [1.165, 1.54) is 23.5 Å². The minimum absolute atomic E-state index is 0.106. The monoisotopic (exact) mass is 374 g/mol. The molecule has 0 radical (unpaired) electrons. The maximum atomic E-state index is 14.0. The van der Waals surface area contributed by atoms with Gasteiger partial charge in [0, 0.05) is 11.4 Å². The van der Waals surface area contributed by atoms with Crippen molar-refractivity contribution in [3.8, 4) is 10.6 Å².